The van der Waals surface area contributed by atoms with Gasteiger partial charge in [0, 0.05) is 42.9 Å². The summed E-state index contributed by atoms with van der Waals surface area (Å²) in [7, 11) is 0. The normalized spacial score (nSPS) is 30.6. The monoisotopic (exact) mass is 449 g/mol. The molecule has 0 aromatic rings. The predicted octanol–water partition coefficient (Wildman–Crippen LogP) is 2.97. The summed E-state index contributed by atoms with van der Waals surface area (Å²) < 4.78 is 25.6. The van der Waals surface area contributed by atoms with Gasteiger partial charge in [0.05, 0.1) is 24.7 Å². The maximum atomic E-state index is 14.6. The molecule has 2 aliphatic heterocycles. The number of halogens is 1. The number of thioether (sulfide) groups is 1. The van der Waals surface area contributed by atoms with Gasteiger partial charge in [0.2, 0.25) is 5.91 Å². The van der Waals surface area contributed by atoms with Crippen LogP contribution < -0.4 is 5.32 Å². The fourth-order valence-electron chi connectivity index (χ4n) is 4.27. The molecule has 4 rings (SSSR count). The highest BCUT2D eigenvalue weighted by Gasteiger charge is 2.35. The molecule has 2 aliphatic carbocycles. The van der Waals surface area contributed by atoms with Crippen molar-refractivity contribution in [3.8, 4) is 0 Å². The molecule has 0 bridgehead atoms. The van der Waals surface area contributed by atoms with Gasteiger partial charge < -0.3 is 14.8 Å². The van der Waals surface area contributed by atoms with E-state index in [2.05, 4.69) is 15.3 Å². The molecule has 1 N–H and O–H groups in total. The van der Waals surface area contributed by atoms with Gasteiger partial charge in [0.1, 0.15) is 23.3 Å². The second kappa shape index (κ2) is 10.1. The quantitative estimate of drug-likeness (QED) is 0.646. The van der Waals surface area contributed by atoms with Crippen LogP contribution in [-0.2, 0) is 19.1 Å². The van der Waals surface area contributed by atoms with E-state index in [0.717, 1.165) is 38.7 Å². The second-order valence-corrected chi connectivity index (χ2v) is 9.73. The minimum Gasteiger partial charge on any atom is -0.493 e. The summed E-state index contributed by atoms with van der Waals surface area (Å²) in [6.07, 6.45) is 7.74. The predicted molar refractivity (Wildman–Crippen MR) is 118 cm³/mol. The molecule has 2 heterocycles. The van der Waals surface area contributed by atoms with Gasteiger partial charge in [0.25, 0.3) is 5.91 Å². The van der Waals surface area contributed by atoms with Crippen LogP contribution in [0.25, 0.3) is 0 Å². The topological polar surface area (TPSA) is 89.4 Å². The Morgan fingerprint density at radius 2 is 2.06 bits per heavy atom. The van der Waals surface area contributed by atoms with Crippen molar-refractivity contribution in [1.82, 2.24) is 5.32 Å². The largest absolute Gasteiger partial charge is 0.493 e. The van der Waals surface area contributed by atoms with Crippen molar-refractivity contribution >= 4 is 35.1 Å². The van der Waals surface area contributed by atoms with Crippen LogP contribution in [0.2, 0.25) is 0 Å². The van der Waals surface area contributed by atoms with Gasteiger partial charge in [-0.3, -0.25) is 9.59 Å². The van der Waals surface area contributed by atoms with E-state index in [1.165, 1.54) is 6.08 Å². The third-order valence-corrected chi connectivity index (χ3v) is 7.29. The van der Waals surface area contributed by atoms with Crippen LogP contribution in [0.3, 0.4) is 0 Å². The van der Waals surface area contributed by atoms with Crippen LogP contribution in [-0.4, -0.2) is 60.2 Å². The van der Waals surface area contributed by atoms with Crippen molar-refractivity contribution in [2.75, 3.05) is 25.6 Å². The average molecular weight is 450 g/mol. The number of amidine groups is 1. The Hall–Kier alpha value is -2.00. The molecule has 0 radical (unpaired) electrons. The lowest BCUT2D eigenvalue weighted by molar-refractivity contribution is -0.120. The fraction of sp³-hybridized carbons (Fsp3) is 0.636. The Morgan fingerprint density at radius 1 is 1.26 bits per heavy atom. The van der Waals surface area contributed by atoms with E-state index < -0.39 is 17.7 Å². The third-order valence-electron chi connectivity index (χ3n) is 5.93. The first-order valence-corrected chi connectivity index (χ1v) is 11.9. The Labute approximate surface area is 185 Å². The molecular formula is C22H28FN3O4S. The number of nitrogens with one attached hydrogen (secondary N) is 1. The van der Waals surface area contributed by atoms with Crippen molar-refractivity contribution in [1.29, 1.82) is 0 Å². The minimum atomic E-state index is -1.05. The maximum Gasteiger partial charge on any atom is 0.263 e. The van der Waals surface area contributed by atoms with Crippen LogP contribution in [0.5, 0.6) is 0 Å². The smallest absolute Gasteiger partial charge is 0.263 e. The van der Waals surface area contributed by atoms with Crippen LogP contribution in [0.1, 0.15) is 39.0 Å². The van der Waals surface area contributed by atoms with Crippen molar-refractivity contribution < 1.29 is 23.5 Å². The van der Waals surface area contributed by atoms with E-state index in [1.807, 2.05) is 0 Å². The molecule has 2 atom stereocenters. The number of amides is 2. The summed E-state index contributed by atoms with van der Waals surface area (Å²) in [6, 6.07) is 0.250. The summed E-state index contributed by atoms with van der Waals surface area (Å²) in [5.74, 6) is -0.496. The summed E-state index contributed by atoms with van der Waals surface area (Å²) in [4.78, 5) is 32.1. The molecule has 7 nitrogen and oxygen atoms in total. The van der Waals surface area contributed by atoms with Gasteiger partial charge in [-0.05, 0) is 32.1 Å². The number of hydrogen-bond donors (Lipinski definition) is 1. The first kappa shape index (κ1) is 22.2. The van der Waals surface area contributed by atoms with E-state index in [1.54, 1.807) is 24.8 Å². The first-order valence-electron chi connectivity index (χ1n) is 10.9. The van der Waals surface area contributed by atoms with Crippen molar-refractivity contribution in [2.45, 2.75) is 50.3 Å². The molecule has 2 unspecified atom stereocenters. The lowest BCUT2D eigenvalue weighted by atomic mass is 9.94. The lowest BCUT2D eigenvalue weighted by Crippen LogP contribution is -2.37. The lowest BCUT2D eigenvalue weighted by Gasteiger charge is -2.28. The molecule has 4 aliphatic rings. The molecule has 168 valence electrons. The molecule has 0 aromatic carbocycles. The van der Waals surface area contributed by atoms with Gasteiger partial charge in [0.15, 0.2) is 0 Å². The average Bonchev–Trinajstić information content (AvgIpc) is 3.24. The number of carbonyl (C=O) groups excluding carboxylic acids is 2. The zero-order valence-corrected chi connectivity index (χ0v) is 18.5. The number of carbonyl (C=O) groups is 2. The zero-order valence-electron chi connectivity index (χ0n) is 17.6. The summed E-state index contributed by atoms with van der Waals surface area (Å²) in [5.41, 5.74) is 0.364. The number of hydrogen-bond acceptors (Lipinski definition) is 6. The molecule has 31 heavy (non-hydrogen) atoms. The Balaban J connectivity index is 1.33. The van der Waals surface area contributed by atoms with E-state index in [-0.39, 0.29) is 11.9 Å². The Morgan fingerprint density at radius 3 is 2.77 bits per heavy atom. The second-order valence-electron chi connectivity index (χ2n) is 8.44. The number of rotatable bonds is 7. The molecule has 2 fully saturated rings. The molecule has 1 saturated heterocycles. The number of allylic oxidation sites excluding steroid dienone is 2. The van der Waals surface area contributed by atoms with E-state index in [9.17, 15) is 14.0 Å². The number of aliphatic imine (C=N–C) groups is 2. The van der Waals surface area contributed by atoms with Crippen LogP contribution in [0.4, 0.5) is 4.39 Å². The molecule has 2 amide bonds. The standard InChI is InChI=1S/C22H28FN3O4S/c1-13(27)24-15-2-4-17(5-3-15)31-12-20-25-19-9-16(30-11-14-6-7-29-10-14)8-18(23)21(19)22(28)26-20/h8-9,14-15,17,21H,2-7,10-12H2,1H3,(H,24,27). The molecule has 0 aromatic heterocycles. The fourth-order valence-corrected chi connectivity index (χ4v) is 5.39. The van der Waals surface area contributed by atoms with Crippen LogP contribution in [0, 0.1) is 11.8 Å². The summed E-state index contributed by atoms with van der Waals surface area (Å²) in [6.45, 7) is 3.39. The molecule has 1 saturated carbocycles. The molecule has 9 heteroatoms. The molecule has 0 spiro atoms. The van der Waals surface area contributed by atoms with Crippen LogP contribution in [0.15, 0.2) is 33.7 Å². The molecular weight excluding hydrogens is 421 g/mol. The first-order chi connectivity index (χ1) is 15.0. The SMILES string of the molecule is CC(=O)NC1CCC(SCC2=NC(=O)C3C(F)=CC(OCC4CCOC4)=CC3=N2)CC1. The zero-order chi connectivity index (χ0) is 21.8. The van der Waals surface area contributed by atoms with E-state index in [0.29, 0.717) is 47.4 Å². The van der Waals surface area contributed by atoms with Crippen molar-refractivity contribution in [3.63, 3.8) is 0 Å². The van der Waals surface area contributed by atoms with Gasteiger partial charge in [-0.2, -0.15) is 16.8 Å². The summed E-state index contributed by atoms with van der Waals surface area (Å²) in [5, 5.41) is 3.41. The maximum absolute atomic E-state index is 14.6. The Bertz CT molecular complexity index is 840. The van der Waals surface area contributed by atoms with Crippen LogP contribution >= 0.6 is 11.8 Å². The van der Waals surface area contributed by atoms with Gasteiger partial charge in [-0.25, -0.2) is 9.38 Å². The highest BCUT2D eigenvalue weighted by Crippen LogP contribution is 2.31. The van der Waals surface area contributed by atoms with Gasteiger partial charge in [-0.15, -0.1) is 0 Å². The van der Waals surface area contributed by atoms with Crippen molar-refractivity contribution in [2.24, 2.45) is 21.8 Å². The summed E-state index contributed by atoms with van der Waals surface area (Å²) >= 11 is 1.72. The third kappa shape index (κ3) is 5.83. The minimum absolute atomic E-state index is 0.0123. The number of ether oxygens (including phenoxy) is 2. The number of nitrogens with zero attached hydrogens (tertiary/aromatic N) is 2. The van der Waals surface area contributed by atoms with Gasteiger partial charge in [-0.1, -0.05) is 0 Å². The van der Waals surface area contributed by atoms with E-state index >= 15 is 0 Å². The highest BCUT2D eigenvalue weighted by atomic mass is 32.2. The van der Waals surface area contributed by atoms with Crippen molar-refractivity contribution in [3.05, 3.63) is 23.7 Å². The van der Waals surface area contributed by atoms with E-state index in [4.69, 9.17) is 9.47 Å². The Kier molecular flexibility index (Phi) is 7.22. The highest BCUT2D eigenvalue weighted by molar-refractivity contribution is 8.00. The van der Waals surface area contributed by atoms with Gasteiger partial charge >= 0.3 is 0 Å². The number of fused-ring (bicyclic) bond motifs is 1.